The molecule has 158 valence electrons. The number of ether oxygens (including phenoxy) is 1. The van der Waals surface area contributed by atoms with Crippen molar-refractivity contribution in [2.24, 2.45) is 0 Å². The highest BCUT2D eigenvalue weighted by Gasteiger charge is 2.26. The molecule has 2 rings (SSSR count). The Labute approximate surface area is 170 Å². The quantitative estimate of drug-likeness (QED) is 0.490. The van der Waals surface area contributed by atoms with Gasteiger partial charge in [-0.15, -0.1) is 0 Å². The molecule has 0 amide bonds. The first kappa shape index (κ1) is 23.2. The number of nitriles is 1. The van der Waals surface area contributed by atoms with E-state index in [4.69, 9.17) is 15.1 Å². The molecule has 0 aromatic heterocycles. The molecule has 2 aromatic carbocycles. The largest absolute Gasteiger partial charge is 0.453 e. The maximum absolute atomic E-state index is 14.5. The first-order valence-corrected chi connectivity index (χ1v) is 9.81. The molecule has 2 N–H and O–H groups in total. The fourth-order valence-electron chi connectivity index (χ4n) is 2.57. The average molecular weight is 439 g/mol. The van der Waals surface area contributed by atoms with E-state index in [2.05, 4.69) is 6.58 Å². The van der Waals surface area contributed by atoms with Gasteiger partial charge in [0.1, 0.15) is 17.4 Å². The first-order valence-electron chi connectivity index (χ1n) is 8.37. The summed E-state index contributed by atoms with van der Waals surface area (Å²) in [6.07, 6.45) is 4.33. The lowest BCUT2D eigenvalue weighted by Crippen LogP contribution is -2.05. The van der Waals surface area contributed by atoms with Gasteiger partial charge in [0.25, 0.3) is 10.1 Å². The second-order valence-electron chi connectivity index (χ2n) is 6.00. The van der Waals surface area contributed by atoms with E-state index in [0.717, 1.165) is 19.1 Å². The number of hydrogen-bond donors (Lipinski definition) is 2. The molecule has 0 fully saturated rings. The van der Waals surface area contributed by atoms with Gasteiger partial charge in [0, 0.05) is 23.8 Å². The molecule has 0 atom stereocenters. The maximum atomic E-state index is 14.5. The fourth-order valence-corrected chi connectivity index (χ4v) is 3.10. The molecule has 0 aliphatic carbocycles. The van der Waals surface area contributed by atoms with E-state index in [-0.39, 0.29) is 29.9 Å². The van der Waals surface area contributed by atoms with Crippen LogP contribution in [0.2, 0.25) is 0 Å². The monoisotopic (exact) mass is 439 g/mol. The zero-order chi connectivity index (χ0) is 22.6. The van der Waals surface area contributed by atoms with Crippen molar-refractivity contribution in [2.75, 3.05) is 6.61 Å². The molecular weight excluding hydrogens is 423 g/mol. The maximum Gasteiger partial charge on any atom is 0.294 e. The minimum absolute atomic E-state index is 0.141. The number of halogens is 3. The van der Waals surface area contributed by atoms with Crippen molar-refractivity contribution in [3.8, 4) is 17.6 Å². The van der Waals surface area contributed by atoms with Crippen LogP contribution >= 0.6 is 0 Å². The molecule has 0 radical (unpaired) electrons. The Kier molecular flexibility index (Phi) is 7.04. The van der Waals surface area contributed by atoms with Crippen molar-refractivity contribution >= 4 is 22.3 Å². The molecular formula is C20H16F3NO5S. The fraction of sp³-hybridized carbons (Fsp3) is 0.150. The third-order valence-electron chi connectivity index (χ3n) is 4.07. The molecule has 0 bridgehead atoms. The Morgan fingerprint density at radius 1 is 1.23 bits per heavy atom. The van der Waals surface area contributed by atoms with Gasteiger partial charge in [0.15, 0.2) is 17.4 Å². The number of rotatable bonds is 7. The molecule has 0 aliphatic heterocycles. The summed E-state index contributed by atoms with van der Waals surface area (Å²) in [6, 6.07) is 3.13. The van der Waals surface area contributed by atoms with Gasteiger partial charge in [0.05, 0.1) is 4.90 Å². The van der Waals surface area contributed by atoms with Crippen LogP contribution in [-0.4, -0.2) is 24.7 Å². The third-order valence-corrected chi connectivity index (χ3v) is 4.90. The molecule has 30 heavy (non-hydrogen) atoms. The summed E-state index contributed by atoms with van der Waals surface area (Å²) in [4.78, 5) is -0.626. The first-order chi connectivity index (χ1) is 14.1. The summed E-state index contributed by atoms with van der Waals surface area (Å²) in [5, 5.41) is 17.8. The summed E-state index contributed by atoms with van der Waals surface area (Å²) in [5.41, 5.74) is -1.36. The summed E-state index contributed by atoms with van der Waals surface area (Å²) >= 11 is 0. The lowest BCUT2D eigenvalue weighted by Gasteiger charge is -2.16. The number of benzene rings is 2. The predicted octanol–water partition coefficient (Wildman–Crippen LogP) is 4.36. The number of hydrogen-bond acceptors (Lipinski definition) is 5. The molecule has 2 aromatic rings. The van der Waals surface area contributed by atoms with Crippen molar-refractivity contribution in [3.63, 3.8) is 0 Å². The Hall–Kier alpha value is -3.13. The molecule has 0 spiro atoms. The summed E-state index contributed by atoms with van der Waals surface area (Å²) < 4.78 is 80.7. The van der Waals surface area contributed by atoms with Crippen LogP contribution in [0, 0.1) is 35.7 Å². The molecule has 0 aliphatic rings. The van der Waals surface area contributed by atoms with Crippen molar-refractivity contribution < 1.29 is 36.0 Å². The molecule has 0 unspecified atom stereocenters. The Bertz CT molecular complexity index is 1160. The minimum Gasteiger partial charge on any atom is -0.453 e. The van der Waals surface area contributed by atoms with Gasteiger partial charge in [-0.25, -0.2) is 8.78 Å². The minimum atomic E-state index is -4.72. The van der Waals surface area contributed by atoms with Gasteiger partial charge in [-0.05, 0) is 25.0 Å². The number of aliphatic hydroxyl groups is 1. The zero-order valence-corrected chi connectivity index (χ0v) is 16.4. The highest BCUT2D eigenvalue weighted by atomic mass is 32.2. The Morgan fingerprint density at radius 3 is 2.43 bits per heavy atom. The van der Waals surface area contributed by atoms with Crippen LogP contribution in [0.1, 0.15) is 28.7 Å². The van der Waals surface area contributed by atoms with Crippen LogP contribution < -0.4 is 4.74 Å². The Morgan fingerprint density at radius 2 is 1.90 bits per heavy atom. The van der Waals surface area contributed by atoms with Crippen LogP contribution in [0.5, 0.6) is 11.5 Å². The van der Waals surface area contributed by atoms with E-state index < -0.39 is 49.3 Å². The topological polar surface area (TPSA) is 108 Å². The third kappa shape index (κ3) is 4.54. The zero-order valence-electron chi connectivity index (χ0n) is 15.6. The van der Waals surface area contributed by atoms with Crippen molar-refractivity contribution in [2.45, 2.75) is 18.2 Å². The lowest BCUT2D eigenvalue weighted by atomic mass is 10.0. The van der Waals surface area contributed by atoms with Crippen LogP contribution in [0.4, 0.5) is 13.2 Å². The smallest absolute Gasteiger partial charge is 0.294 e. The van der Waals surface area contributed by atoms with Crippen LogP contribution in [0.3, 0.4) is 0 Å². The van der Waals surface area contributed by atoms with Crippen LogP contribution in [-0.2, 0) is 10.1 Å². The average Bonchev–Trinajstić information content (AvgIpc) is 2.70. The molecule has 6 nitrogen and oxygen atoms in total. The summed E-state index contributed by atoms with van der Waals surface area (Å²) in [6.45, 7) is 4.39. The predicted molar refractivity (Wildman–Crippen MR) is 103 cm³/mol. The second-order valence-corrected chi connectivity index (χ2v) is 7.42. The van der Waals surface area contributed by atoms with Gasteiger partial charge in [-0.2, -0.15) is 18.1 Å². The second kappa shape index (κ2) is 9.13. The van der Waals surface area contributed by atoms with E-state index in [0.29, 0.717) is 0 Å². The van der Waals surface area contributed by atoms with E-state index in [1.165, 1.54) is 24.3 Å². The van der Waals surface area contributed by atoms with E-state index in [1.807, 2.05) is 0 Å². The van der Waals surface area contributed by atoms with E-state index in [1.54, 1.807) is 0 Å². The van der Waals surface area contributed by atoms with Crippen molar-refractivity contribution in [3.05, 3.63) is 64.5 Å². The molecule has 0 heterocycles. The number of nitrogens with zero attached hydrogens (tertiary/aromatic N) is 1. The number of aliphatic hydroxyl groups excluding tert-OH is 1. The van der Waals surface area contributed by atoms with Gasteiger partial charge >= 0.3 is 0 Å². The molecule has 0 saturated heterocycles. The van der Waals surface area contributed by atoms with Crippen LogP contribution in [0.15, 0.2) is 29.7 Å². The Balaban J connectivity index is 2.81. The van der Waals surface area contributed by atoms with Gasteiger partial charge in [0.2, 0.25) is 5.82 Å². The van der Waals surface area contributed by atoms with Gasteiger partial charge < -0.3 is 9.84 Å². The molecule has 0 saturated carbocycles. The standard InChI is InChI=1S/C20H16F3NO5S/c1-3-12-8-13(30(26,27)28)9-16(14(12)6-4-5-7-25)29-20-11(2)17(21)15(10-24)18(22)19(20)23/h3-4,6,8-9,25H,1,5,7H2,2H3,(H,26,27,28)/b6-4-. The van der Waals surface area contributed by atoms with E-state index in [9.17, 15) is 26.1 Å². The highest BCUT2D eigenvalue weighted by molar-refractivity contribution is 7.85. The normalized spacial score (nSPS) is 11.5. The van der Waals surface area contributed by atoms with Crippen LogP contribution in [0.25, 0.3) is 12.2 Å². The van der Waals surface area contributed by atoms with Gasteiger partial charge in [-0.3, -0.25) is 4.55 Å². The lowest BCUT2D eigenvalue weighted by molar-refractivity contribution is 0.303. The van der Waals surface area contributed by atoms with Gasteiger partial charge in [-0.1, -0.05) is 24.8 Å². The SMILES string of the molecule is C=Cc1cc(S(=O)(=O)O)cc(Oc2c(C)c(F)c(C#N)c(F)c2F)c1/C=C\CCO. The highest BCUT2D eigenvalue weighted by Crippen LogP contribution is 2.38. The van der Waals surface area contributed by atoms with E-state index >= 15 is 0 Å². The van der Waals surface area contributed by atoms with Crippen molar-refractivity contribution in [1.82, 2.24) is 0 Å². The summed E-state index contributed by atoms with van der Waals surface area (Å²) in [7, 11) is -4.72. The molecule has 10 heteroatoms. The van der Waals surface area contributed by atoms with Crippen molar-refractivity contribution in [1.29, 1.82) is 5.26 Å². The summed E-state index contributed by atoms with van der Waals surface area (Å²) in [5.74, 6) is -6.00.